The zero-order valence-electron chi connectivity index (χ0n) is 10.0. The Kier molecular flexibility index (Phi) is 6.32. The quantitative estimate of drug-likeness (QED) is 0.451. The molecule has 0 aromatic heterocycles. The van der Waals surface area contributed by atoms with Gasteiger partial charge in [0, 0.05) is 6.61 Å². The Labute approximate surface area is 101 Å². The molecule has 0 aromatic rings. The number of hydrogen-bond acceptors (Lipinski definition) is 6. The molecule has 0 bridgehead atoms. The second kappa shape index (κ2) is 7.25. The molecule has 102 valence electrons. The van der Waals surface area contributed by atoms with Crippen LogP contribution in [0.5, 0.6) is 0 Å². The normalized spacial score (nSPS) is 38.3. The summed E-state index contributed by atoms with van der Waals surface area (Å²) in [5.41, 5.74) is 0. The molecule has 0 radical (unpaired) electrons. The summed E-state index contributed by atoms with van der Waals surface area (Å²) in [5.74, 6) is 0. The van der Waals surface area contributed by atoms with E-state index >= 15 is 0 Å². The molecule has 1 unspecified atom stereocenters. The van der Waals surface area contributed by atoms with Crippen LogP contribution in [0.15, 0.2) is 0 Å². The maximum absolute atomic E-state index is 9.64. The molecule has 6 heteroatoms. The van der Waals surface area contributed by atoms with E-state index in [0.29, 0.717) is 6.61 Å². The van der Waals surface area contributed by atoms with Crippen molar-refractivity contribution < 1.29 is 29.9 Å². The zero-order chi connectivity index (χ0) is 12.8. The van der Waals surface area contributed by atoms with Crippen LogP contribution in [-0.4, -0.2) is 64.3 Å². The van der Waals surface area contributed by atoms with Crippen molar-refractivity contribution in [2.75, 3.05) is 13.2 Å². The molecule has 0 aliphatic carbocycles. The Hall–Kier alpha value is -0.240. The minimum atomic E-state index is -1.36. The van der Waals surface area contributed by atoms with Crippen molar-refractivity contribution in [3.63, 3.8) is 0 Å². The van der Waals surface area contributed by atoms with Crippen LogP contribution >= 0.6 is 0 Å². The van der Waals surface area contributed by atoms with Gasteiger partial charge in [0.2, 0.25) is 0 Å². The molecule has 4 N–H and O–H groups in total. The molecule has 17 heavy (non-hydrogen) atoms. The smallest absolute Gasteiger partial charge is 0.186 e. The molecule has 1 rings (SSSR count). The number of rotatable bonds is 6. The maximum atomic E-state index is 9.64. The highest BCUT2D eigenvalue weighted by Gasteiger charge is 2.43. The predicted octanol–water partition coefficient (Wildman–Crippen LogP) is -1.01. The van der Waals surface area contributed by atoms with Gasteiger partial charge in [0.1, 0.15) is 24.4 Å². The number of aliphatic hydroxyl groups is 4. The van der Waals surface area contributed by atoms with Gasteiger partial charge >= 0.3 is 0 Å². The summed E-state index contributed by atoms with van der Waals surface area (Å²) in [6, 6.07) is 0. The van der Waals surface area contributed by atoms with Crippen molar-refractivity contribution in [3.8, 4) is 0 Å². The number of aliphatic hydroxyl groups excluding tert-OH is 4. The highest BCUT2D eigenvalue weighted by molar-refractivity contribution is 4.88. The van der Waals surface area contributed by atoms with E-state index in [2.05, 4.69) is 6.92 Å². The minimum Gasteiger partial charge on any atom is -0.394 e. The van der Waals surface area contributed by atoms with Gasteiger partial charge in [-0.15, -0.1) is 0 Å². The largest absolute Gasteiger partial charge is 0.394 e. The molecular formula is C11H22O6. The summed E-state index contributed by atoms with van der Waals surface area (Å²) in [5, 5.41) is 37.6. The second-order valence-corrected chi connectivity index (χ2v) is 4.28. The first-order valence-electron chi connectivity index (χ1n) is 6.04. The zero-order valence-corrected chi connectivity index (χ0v) is 10.0. The Balaban J connectivity index is 2.42. The van der Waals surface area contributed by atoms with Gasteiger partial charge in [-0.3, -0.25) is 0 Å². The van der Waals surface area contributed by atoms with Crippen LogP contribution in [0, 0.1) is 0 Å². The molecule has 0 spiro atoms. The summed E-state index contributed by atoms with van der Waals surface area (Å²) in [6.07, 6.45) is -2.98. The van der Waals surface area contributed by atoms with Gasteiger partial charge in [-0.25, -0.2) is 0 Å². The van der Waals surface area contributed by atoms with E-state index in [1.165, 1.54) is 0 Å². The third-order valence-corrected chi connectivity index (χ3v) is 2.88. The maximum Gasteiger partial charge on any atom is 0.186 e. The lowest BCUT2D eigenvalue weighted by Crippen LogP contribution is -2.59. The molecule has 1 aliphatic rings. The molecule has 1 heterocycles. The third-order valence-electron chi connectivity index (χ3n) is 2.88. The Morgan fingerprint density at radius 1 is 1.06 bits per heavy atom. The van der Waals surface area contributed by atoms with Gasteiger partial charge in [0.05, 0.1) is 6.61 Å². The average Bonchev–Trinajstić information content (AvgIpc) is 2.34. The molecule has 0 saturated carbocycles. The first-order valence-corrected chi connectivity index (χ1v) is 6.04. The lowest BCUT2D eigenvalue weighted by atomic mass is 9.99. The molecule has 1 saturated heterocycles. The van der Waals surface area contributed by atoms with Crippen LogP contribution in [0.3, 0.4) is 0 Å². The van der Waals surface area contributed by atoms with Crippen LogP contribution in [0.4, 0.5) is 0 Å². The van der Waals surface area contributed by atoms with E-state index in [1.54, 1.807) is 0 Å². The van der Waals surface area contributed by atoms with Gasteiger partial charge in [-0.2, -0.15) is 0 Å². The van der Waals surface area contributed by atoms with Gasteiger partial charge in [-0.05, 0) is 6.42 Å². The summed E-state index contributed by atoms with van der Waals surface area (Å²) < 4.78 is 10.5. The van der Waals surface area contributed by atoms with E-state index < -0.39 is 37.3 Å². The van der Waals surface area contributed by atoms with Crippen molar-refractivity contribution >= 4 is 0 Å². The lowest BCUT2D eigenvalue weighted by molar-refractivity contribution is -0.301. The van der Waals surface area contributed by atoms with Crippen LogP contribution in [-0.2, 0) is 9.47 Å². The number of unbranched alkanes of at least 4 members (excludes halogenated alkanes) is 2. The molecule has 6 nitrogen and oxygen atoms in total. The van der Waals surface area contributed by atoms with Crippen LogP contribution in [0.25, 0.3) is 0 Å². The Morgan fingerprint density at radius 2 is 1.76 bits per heavy atom. The van der Waals surface area contributed by atoms with E-state index in [4.69, 9.17) is 14.6 Å². The number of ether oxygens (including phenoxy) is 2. The van der Waals surface area contributed by atoms with Crippen LogP contribution < -0.4 is 0 Å². The first kappa shape index (κ1) is 14.8. The predicted molar refractivity (Wildman–Crippen MR) is 59.2 cm³/mol. The van der Waals surface area contributed by atoms with Gasteiger partial charge in [-0.1, -0.05) is 19.8 Å². The van der Waals surface area contributed by atoms with Crippen molar-refractivity contribution in [1.29, 1.82) is 0 Å². The standard InChI is InChI=1S/C11H22O6/c1-2-3-4-5-16-11-10(15)9(14)8(13)7(6-12)17-11/h7-15H,2-6H2,1H3/t7-,8-,9+,10-,11?/m1/s1. The van der Waals surface area contributed by atoms with E-state index in [1.807, 2.05) is 0 Å². The lowest BCUT2D eigenvalue weighted by Gasteiger charge is -2.39. The number of hydrogen-bond donors (Lipinski definition) is 4. The topological polar surface area (TPSA) is 99.4 Å². The summed E-state index contributed by atoms with van der Waals surface area (Å²) in [6.45, 7) is 2.05. The minimum absolute atomic E-state index is 0.413. The van der Waals surface area contributed by atoms with Gasteiger partial charge in [0.15, 0.2) is 6.29 Å². The van der Waals surface area contributed by atoms with Crippen molar-refractivity contribution in [3.05, 3.63) is 0 Å². The van der Waals surface area contributed by atoms with E-state index in [0.717, 1.165) is 19.3 Å². The highest BCUT2D eigenvalue weighted by Crippen LogP contribution is 2.22. The fraction of sp³-hybridized carbons (Fsp3) is 1.00. The SMILES string of the molecule is CCCCCOC1O[C@H](CO)[C@@H](O)[C@H](O)[C@H]1O. The first-order chi connectivity index (χ1) is 8.11. The fourth-order valence-corrected chi connectivity index (χ4v) is 1.76. The average molecular weight is 250 g/mol. The molecular weight excluding hydrogens is 228 g/mol. The van der Waals surface area contributed by atoms with Gasteiger partial charge < -0.3 is 29.9 Å². The second-order valence-electron chi connectivity index (χ2n) is 4.28. The van der Waals surface area contributed by atoms with Crippen LogP contribution in [0.1, 0.15) is 26.2 Å². The van der Waals surface area contributed by atoms with E-state index in [9.17, 15) is 15.3 Å². The summed E-state index contributed by atoms with van der Waals surface area (Å²) >= 11 is 0. The van der Waals surface area contributed by atoms with E-state index in [-0.39, 0.29) is 0 Å². The van der Waals surface area contributed by atoms with Crippen LogP contribution in [0.2, 0.25) is 0 Å². The highest BCUT2D eigenvalue weighted by atomic mass is 16.7. The van der Waals surface area contributed by atoms with Gasteiger partial charge in [0.25, 0.3) is 0 Å². The molecule has 1 fully saturated rings. The van der Waals surface area contributed by atoms with Crippen molar-refractivity contribution in [1.82, 2.24) is 0 Å². The van der Waals surface area contributed by atoms with Crippen molar-refractivity contribution in [2.45, 2.75) is 56.9 Å². The summed E-state index contributed by atoms with van der Waals surface area (Å²) in [7, 11) is 0. The molecule has 0 aromatic carbocycles. The Bertz CT molecular complexity index is 210. The third kappa shape index (κ3) is 3.87. The fourth-order valence-electron chi connectivity index (χ4n) is 1.76. The molecule has 1 aliphatic heterocycles. The Morgan fingerprint density at radius 3 is 2.35 bits per heavy atom. The molecule has 0 amide bonds. The monoisotopic (exact) mass is 250 g/mol. The molecule has 5 atom stereocenters. The van der Waals surface area contributed by atoms with Crippen molar-refractivity contribution in [2.24, 2.45) is 0 Å². The summed E-state index contributed by atoms with van der Waals surface area (Å²) in [4.78, 5) is 0.